The second kappa shape index (κ2) is 8.71. The predicted molar refractivity (Wildman–Crippen MR) is 132 cm³/mol. The van der Waals surface area contributed by atoms with Crippen molar-refractivity contribution in [3.05, 3.63) is 132 Å². The first kappa shape index (κ1) is 19.5. The normalized spacial score (nSPS) is 10.7. The minimum Gasteiger partial charge on any atom is -0.159 e. The van der Waals surface area contributed by atoms with E-state index in [2.05, 4.69) is 148 Å². The summed E-state index contributed by atoms with van der Waals surface area (Å²) in [4.78, 5) is 0. The quantitative estimate of drug-likeness (QED) is 0.240. The summed E-state index contributed by atoms with van der Waals surface area (Å²) in [7, 11) is 0. The first-order valence-electron chi connectivity index (χ1n) is 10.3. The molecule has 0 bridgehead atoms. The van der Waals surface area contributed by atoms with Crippen LogP contribution in [-0.4, -0.2) is 0 Å². The van der Waals surface area contributed by atoms with Crippen LogP contribution in [0.3, 0.4) is 0 Å². The second-order valence-electron chi connectivity index (χ2n) is 7.43. The van der Waals surface area contributed by atoms with E-state index in [0.717, 1.165) is 15.9 Å². The van der Waals surface area contributed by atoms with Gasteiger partial charge in [0, 0.05) is 33.8 Å². The summed E-state index contributed by atoms with van der Waals surface area (Å²) in [5, 5.41) is 0. The zero-order valence-corrected chi connectivity index (χ0v) is 18.5. The van der Waals surface area contributed by atoms with Gasteiger partial charge in [-0.15, -0.1) is 0 Å². The Morgan fingerprint density at radius 3 is 1.52 bits per heavy atom. The number of hydrogen-bond acceptors (Lipinski definition) is 0. The lowest BCUT2D eigenvalue weighted by Gasteiger charge is -2.13. The zero-order valence-electron chi connectivity index (χ0n) is 16.9. The highest BCUT2D eigenvalue weighted by Gasteiger charge is 2.22. The molecular formula is C29H21BrN+. The highest BCUT2D eigenvalue weighted by atomic mass is 79.9. The molecule has 2 heteroatoms. The smallest absolute Gasteiger partial charge is 0.159 e. The zero-order chi connectivity index (χ0) is 21.0. The Morgan fingerprint density at radius 2 is 0.968 bits per heavy atom. The van der Waals surface area contributed by atoms with Crippen LogP contribution in [0, 0.1) is 0 Å². The molecule has 0 atom stereocenters. The number of halogens is 1. The molecule has 1 heterocycles. The lowest BCUT2D eigenvalue weighted by Crippen LogP contribution is -2.33. The van der Waals surface area contributed by atoms with E-state index in [0.29, 0.717) is 0 Å². The van der Waals surface area contributed by atoms with Crippen molar-refractivity contribution in [3.8, 4) is 39.2 Å². The van der Waals surface area contributed by atoms with E-state index in [1.807, 2.05) is 0 Å². The van der Waals surface area contributed by atoms with Crippen LogP contribution in [0.2, 0.25) is 0 Å². The molecule has 5 rings (SSSR count). The molecule has 1 nitrogen and oxygen atoms in total. The molecule has 0 unspecified atom stereocenters. The number of nitrogens with zero attached hydrogens (tertiary/aromatic N) is 1. The minimum atomic E-state index is 1.07. The summed E-state index contributed by atoms with van der Waals surface area (Å²) >= 11 is 3.57. The van der Waals surface area contributed by atoms with Gasteiger partial charge in [-0.25, -0.2) is 0 Å². The van der Waals surface area contributed by atoms with Crippen molar-refractivity contribution < 1.29 is 4.57 Å². The summed E-state index contributed by atoms with van der Waals surface area (Å²) < 4.78 is 3.36. The maximum absolute atomic E-state index is 3.57. The van der Waals surface area contributed by atoms with E-state index in [-0.39, 0.29) is 0 Å². The van der Waals surface area contributed by atoms with Gasteiger partial charge < -0.3 is 0 Å². The highest BCUT2D eigenvalue weighted by Crippen LogP contribution is 2.34. The largest absolute Gasteiger partial charge is 0.219 e. The molecule has 31 heavy (non-hydrogen) atoms. The van der Waals surface area contributed by atoms with Crippen molar-refractivity contribution >= 4 is 15.9 Å². The van der Waals surface area contributed by atoms with Crippen LogP contribution in [0.15, 0.2) is 132 Å². The predicted octanol–water partition coefficient (Wildman–Crippen LogP) is 7.73. The molecule has 1 aromatic heterocycles. The molecule has 4 aromatic carbocycles. The summed E-state index contributed by atoms with van der Waals surface area (Å²) in [5.41, 5.74) is 8.30. The lowest BCUT2D eigenvalue weighted by atomic mass is 9.94. The molecule has 0 aliphatic heterocycles. The van der Waals surface area contributed by atoms with Gasteiger partial charge in [-0.1, -0.05) is 94.8 Å². The van der Waals surface area contributed by atoms with Crippen molar-refractivity contribution in [2.24, 2.45) is 0 Å². The summed E-state index contributed by atoms with van der Waals surface area (Å²) in [6.07, 6.45) is 2.27. The third-order valence-electron chi connectivity index (χ3n) is 5.43. The average molecular weight is 463 g/mol. The van der Waals surface area contributed by atoms with E-state index in [4.69, 9.17) is 0 Å². The SMILES string of the molecule is Brc1ccc(-[n+]2cc(-c3ccccc3)c(-c3ccccc3)cc2-c2ccccc2)cc1. The number of rotatable bonds is 4. The van der Waals surface area contributed by atoms with Gasteiger partial charge in [-0.2, -0.15) is 4.57 Å². The minimum absolute atomic E-state index is 1.07. The van der Waals surface area contributed by atoms with Crippen LogP contribution in [0.4, 0.5) is 0 Å². The van der Waals surface area contributed by atoms with Crippen molar-refractivity contribution in [1.29, 1.82) is 0 Å². The molecule has 0 radical (unpaired) electrons. The van der Waals surface area contributed by atoms with Gasteiger partial charge in [0.15, 0.2) is 6.20 Å². The monoisotopic (exact) mass is 462 g/mol. The van der Waals surface area contributed by atoms with Crippen molar-refractivity contribution in [2.45, 2.75) is 0 Å². The molecule has 5 aromatic rings. The third-order valence-corrected chi connectivity index (χ3v) is 5.96. The van der Waals surface area contributed by atoms with Gasteiger partial charge in [0.2, 0.25) is 11.4 Å². The van der Waals surface area contributed by atoms with Crippen LogP contribution in [-0.2, 0) is 0 Å². The topological polar surface area (TPSA) is 3.88 Å². The van der Waals surface area contributed by atoms with Crippen molar-refractivity contribution in [3.63, 3.8) is 0 Å². The van der Waals surface area contributed by atoms with Crippen LogP contribution >= 0.6 is 15.9 Å². The Bertz CT molecular complexity index is 1300. The highest BCUT2D eigenvalue weighted by molar-refractivity contribution is 9.10. The maximum atomic E-state index is 3.57. The average Bonchev–Trinajstić information content (AvgIpc) is 2.85. The molecule has 0 aliphatic carbocycles. The number of benzene rings is 4. The van der Waals surface area contributed by atoms with E-state index in [1.54, 1.807) is 0 Å². The van der Waals surface area contributed by atoms with Gasteiger partial charge in [0.25, 0.3) is 0 Å². The first-order chi connectivity index (χ1) is 15.3. The van der Waals surface area contributed by atoms with Crippen molar-refractivity contribution in [1.82, 2.24) is 0 Å². The van der Waals surface area contributed by atoms with E-state index in [1.165, 1.54) is 27.8 Å². The number of pyridine rings is 1. The number of aromatic nitrogens is 1. The first-order valence-corrected chi connectivity index (χ1v) is 11.1. The number of hydrogen-bond donors (Lipinski definition) is 0. The van der Waals surface area contributed by atoms with Gasteiger partial charge in [-0.3, -0.25) is 0 Å². The summed E-state index contributed by atoms with van der Waals surface area (Å²) in [6, 6.07) is 42.6. The van der Waals surface area contributed by atoms with Crippen LogP contribution in [0.1, 0.15) is 0 Å². The molecule has 0 aliphatic rings. The van der Waals surface area contributed by atoms with Gasteiger partial charge in [-0.05, 0) is 35.4 Å². The molecule has 0 saturated heterocycles. The van der Waals surface area contributed by atoms with Crippen molar-refractivity contribution in [2.75, 3.05) is 0 Å². The molecule has 0 amide bonds. The van der Waals surface area contributed by atoms with Crippen LogP contribution < -0.4 is 4.57 Å². The fraction of sp³-hybridized carbons (Fsp3) is 0. The molecule has 0 N–H and O–H groups in total. The van der Waals surface area contributed by atoms with E-state index in [9.17, 15) is 0 Å². The fourth-order valence-corrected chi connectivity index (χ4v) is 4.17. The maximum Gasteiger partial charge on any atom is 0.219 e. The lowest BCUT2D eigenvalue weighted by molar-refractivity contribution is -0.583. The second-order valence-corrected chi connectivity index (χ2v) is 8.35. The molecule has 0 saturated carbocycles. The van der Waals surface area contributed by atoms with E-state index < -0.39 is 0 Å². The molecule has 0 spiro atoms. The third kappa shape index (κ3) is 4.08. The van der Waals surface area contributed by atoms with Gasteiger partial charge in [0.1, 0.15) is 0 Å². The standard InChI is InChI=1S/C29H21BrN/c30-25-16-18-26(19-17-25)31-21-28(23-12-6-2-7-13-23)27(22-10-4-1-5-11-22)20-29(31)24-14-8-3-9-15-24/h1-21H/q+1. The Kier molecular flexibility index (Phi) is 5.47. The Morgan fingerprint density at radius 1 is 0.484 bits per heavy atom. The summed E-state index contributed by atoms with van der Waals surface area (Å²) in [6.45, 7) is 0. The van der Waals surface area contributed by atoms with E-state index >= 15 is 0 Å². The Balaban J connectivity index is 1.84. The van der Waals surface area contributed by atoms with Crippen LogP contribution in [0.25, 0.3) is 39.2 Å². The molecule has 148 valence electrons. The Labute approximate surface area is 191 Å². The molecular weight excluding hydrogens is 442 g/mol. The molecule has 0 fully saturated rings. The van der Waals surface area contributed by atoms with Gasteiger partial charge in [0.05, 0.1) is 5.56 Å². The van der Waals surface area contributed by atoms with Gasteiger partial charge >= 0.3 is 0 Å². The van der Waals surface area contributed by atoms with Crippen LogP contribution in [0.5, 0.6) is 0 Å². The summed E-state index contributed by atoms with van der Waals surface area (Å²) in [5.74, 6) is 0. The fourth-order valence-electron chi connectivity index (χ4n) is 3.90. The Hall–Kier alpha value is -3.49.